The Morgan fingerprint density at radius 3 is 1.35 bits per heavy atom. The van der Waals surface area contributed by atoms with Crippen LogP contribution in [0, 0.1) is 0 Å². The van der Waals surface area contributed by atoms with E-state index in [0.717, 1.165) is 51.8 Å². The van der Waals surface area contributed by atoms with Crippen molar-refractivity contribution in [2.75, 3.05) is 38.6 Å². The molecule has 0 unspecified atom stereocenters. The van der Waals surface area contributed by atoms with E-state index < -0.39 is 6.29 Å². The number of allylic oxidation sites excluding steroid dienone is 2. The molecule has 17 heteroatoms. The maximum Gasteiger partial charge on any atom is 0.585 e. The van der Waals surface area contributed by atoms with Crippen LogP contribution in [0.3, 0.4) is 0 Å². The Bertz CT molecular complexity index is 1800. The predicted octanol–water partition coefficient (Wildman–Crippen LogP) is 19.5. The van der Waals surface area contributed by atoms with Crippen LogP contribution in [0.15, 0.2) is 172 Å². The first-order valence-electron chi connectivity index (χ1n) is 31.4. The quantitative estimate of drug-likeness (QED) is 0.0994. The van der Waals surface area contributed by atoms with Gasteiger partial charge in [0.2, 0.25) is 0 Å². The van der Waals surface area contributed by atoms with E-state index in [2.05, 4.69) is 121 Å². The number of benzene rings is 1. The van der Waals surface area contributed by atoms with E-state index in [9.17, 15) is 8.78 Å². The van der Waals surface area contributed by atoms with E-state index >= 15 is 0 Å². The monoisotopic (exact) mass is 1210 g/mol. The molecule has 7 aliphatic rings. The first-order valence-corrected chi connectivity index (χ1v) is 32.5. The van der Waals surface area contributed by atoms with Gasteiger partial charge in [-0.05, 0) is 104 Å². The van der Waals surface area contributed by atoms with E-state index in [1.54, 1.807) is 61.5 Å². The molecule has 488 valence electrons. The van der Waals surface area contributed by atoms with Gasteiger partial charge in [0, 0.05) is 86.9 Å². The molecule has 0 fully saturated rings. The van der Waals surface area contributed by atoms with Crippen LogP contribution in [-0.2, 0) is 38.2 Å². The van der Waals surface area contributed by atoms with Crippen LogP contribution in [0.1, 0.15) is 193 Å². The fraction of sp³-hybridized carbons (Fsp3) is 0.515. The number of rotatable bonds is 0. The average Bonchev–Trinajstić information content (AvgIpc) is 4.61. The highest BCUT2D eigenvalue weighted by molar-refractivity contribution is 8.02. The number of thioether (sulfide) groups is 1. The lowest BCUT2D eigenvalue weighted by Crippen LogP contribution is -2.16. The summed E-state index contributed by atoms with van der Waals surface area (Å²) in [6.07, 6.45) is 41.0. The summed E-state index contributed by atoms with van der Waals surface area (Å²) in [6, 6.07) is 16.4. The van der Waals surface area contributed by atoms with Crippen molar-refractivity contribution >= 4 is 17.8 Å². The van der Waals surface area contributed by atoms with Gasteiger partial charge in [0.1, 0.15) is 31.8 Å². The number of H-pyrrole nitrogens is 2. The van der Waals surface area contributed by atoms with E-state index in [0.29, 0.717) is 0 Å². The minimum absolute atomic E-state index is 0.792. The van der Waals surface area contributed by atoms with Crippen molar-refractivity contribution < 1.29 is 27.7 Å². The number of pyridine rings is 1. The second kappa shape index (κ2) is 93.5. The molecule has 2 aliphatic carbocycles. The Balaban J connectivity index is -0.000000126. The van der Waals surface area contributed by atoms with Gasteiger partial charge in [-0.2, -0.15) is 5.10 Å². The molecule has 5 aromatic rings. The minimum Gasteiger partial charge on any atom is -0.502 e. The highest BCUT2D eigenvalue weighted by Crippen LogP contribution is 2.22. The Morgan fingerprint density at radius 2 is 1.07 bits per heavy atom. The maximum atomic E-state index is 11.4. The normalized spacial score (nSPS) is 12.8. The Labute approximate surface area is 523 Å². The van der Waals surface area contributed by atoms with Gasteiger partial charge < -0.3 is 39.9 Å². The topological polar surface area (TPSA) is 169 Å². The number of fused-ring (bicyclic) bond motifs is 2. The lowest BCUT2D eigenvalue weighted by atomic mass is 9.98. The number of alkyl halides is 2. The number of aromatic amines is 2. The Kier molecular flexibility index (Phi) is 104. The number of ether oxygens (including phenoxy) is 4. The summed E-state index contributed by atoms with van der Waals surface area (Å²) in [5.41, 5.74) is 5.86. The van der Waals surface area contributed by atoms with Crippen LogP contribution >= 0.6 is 11.8 Å². The van der Waals surface area contributed by atoms with Gasteiger partial charge in [-0.3, -0.25) is 20.1 Å². The summed E-state index contributed by atoms with van der Waals surface area (Å²) in [5.74, 6) is 1.22. The highest BCUT2D eigenvalue weighted by Gasteiger charge is 2.35. The standard InChI is InChI=1S/C9H8.C8H11N.C5H5N.C5H8O.C4H4N2.C4H7NO.C4H7NS.C4H7N.C3H2F2O2.C2H3N3.10C2H6/c1-2-5-9-7-3-6-8(9)4-1;1-2-4-8-7(3-1)5-6-9-8;2*1-2-4-6-5-3-1;1-2-6-4-3-5-1;2*1-3-6-4-2-5-1;1-2-4-5-3-1;4-3(5)6-1-2-7-3;1-3-2-5-4-1;10*1-2/h1-6H,7H2;5-6,9H,1-4H2;1-5H;2,4H,1,3,5H2;1-4H;2*1,3,5H,2,4H2;1,3,5H,2,4H2;1-2H;1-2H,(H,3,4,5);10*1-2H3. The molecule has 85 heavy (non-hydrogen) atoms. The van der Waals surface area contributed by atoms with Crippen molar-refractivity contribution in [3.8, 4) is 0 Å². The number of nitrogens with one attached hydrogen (secondary N) is 5. The van der Waals surface area contributed by atoms with Crippen LogP contribution < -0.4 is 16.0 Å². The van der Waals surface area contributed by atoms with Crippen molar-refractivity contribution in [3.63, 3.8) is 0 Å². The van der Waals surface area contributed by atoms with E-state index in [4.69, 9.17) is 9.47 Å². The molecule has 12 rings (SSSR count). The minimum atomic E-state index is -3.42. The summed E-state index contributed by atoms with van der Waals surface area (Å²) >= 11 is 1.85. The molecule has 5 N–H and O–H groups in total. The summed E-state index contributed by atoms with van der Waals surface area (Å²) in [5, 5.41) is 17.2. The largest absolute Gasteiger partial charge is 0.585 e. The molecule has 0 bridgehead atoms. The van der Waals surface area contributed by atoms with Crippen LogP contribution in [0.4, 0.5) is 8.78 Å². The number of halogens is 2. The molecule has 9 heterocycles. The molecule has 1 aromatic carbocycles. The first kappa shape index (κ1) is 94.5. The zero-order valence-electron chi connectivity index (χ0n) is 56.7. The summed E-state index contributed by atoms with van der Waals surface area (Å²) in [7, 11) is 0. The molecule has 0 amide bonds. The molecule has 0 spiro atoms. The third-order valence-electron chi connectivity index (χ3n) is 8.39. The van der Waals surface area contributed by atoms with Crippen molar-refractivity contribution in [2.45, 2.75) is 196 Å². The summed E-state index contributed by atoms with van der Waals surface area (Å²) in [4.78, 5) is 18.0. The van der Waals surface area contributed by atoms with Crippen LogP contribution in [0.25, 0.3) is 6.08 Å². The third-order valence-corrected chi connectivity index (χ3v) is 9.16. The SMILES string of the molecule is C1=CNCC1.C1=COCCC1.C1=COCCN1.C1=CSCCN1.C1=Cc2ccccc2C1.CC.CC.CC.CC.CC.CC.CC.CC.CC.CC.FC1(F)OC=CO1.c1cc2c([nH]1)CCCC2.c1ccncc1.c1cnccn1.c1nc[nH]n1. The molecule has 0 radical (unpaired) electrons. The van der Waals surface area contributed by atoms with Crippen LogP contribution in [0.2, 0.25) is 0 Å². The lowest BCUT2D eigenvalue weighted by Gasteiger charge is -2.08. The number of aromatic nitrogens is 7. The number of aryl methyl sites for hydroxylation is 2. The van der Waals surface area contributed by atoms with Gasteiger partial charge in [0.25, 0.3) is 0 Å². The third kappa shape index (κ3) is 75.1. The lowest BCUT2D eigenvalue weighted by molar-refractivity contribution is -0.329. The predicted molar refractivity (Wildman–Crippen MR) is 368 cm³/mol. The molecular weight excluding hydrogens is 1090 g/mol. The maximum absolute atomic E-state index is 11.4. The zero-order chi connectivity index (χ0) is 65.8. The smallest absolute Gasteiger partial charge is 0.502 e. The second-order valence-corrected chi connectivity index (χ2v) is 14.3. The molecule has 0 atom stereocenters. The number of hydrogen-bond acceptors (Lipinski definition) is 13. The van der Waals surface area contributed by atoms with Gasteiger partial charge in [0.15, 0.2) is 0 Å². The van der Waals surface area contributed by atoms with Crippen molar-refractivity contribution in [2.24, 2.45) is 0 Å². The fourth-order valence-electron chi connectivity index (χ4n) is 5.33. The molecule has 0 saturated carbocycles. The molecule has 0 saturated heterocycles. The summed E-state index contributed by atoms with van der Waals surface area (Å²) in [6.45, 7) is 44.9. The van der Waals surface area contributed by atoms with Gasteiger partial charge in [-0.1, -0.05) is 187 Å². The van der Waals surface area contributed by atoms with Gasteiger partial charge >= 0.3 is 6.29 Å². The van der Waals surface area contributed by atoms with Crippen molar-refractivity contribution in [3.05, 3.63) is 194 Å². The first-order chi connectivity index (χ1) is 42.1. The van der Waals surface area contributed by atoms with Crippen molar-refractivity contribution in [1.82, 2.24) is 51.1 Å². The molecule has 4 aromatic heterocycles. The fourth-order valence-corrected chi connectivity index (χ4v) is 5.89. The summed E-state index contributed by atoms with van der Waals surface area (Å²) < 4.78 is 39.8. The second-order valence-electron chi connectivity index (χ2n) is 13.3. The number of nitrogens with zero attached hydrogens (tertiary/aromatic N) is 5. The molecule has 14 nitrogen and oxygen atoms in total. The number of hydrogen-bond donors (Lipinski definition) is 5. The van der Waals surface area contributed by atoms with E-state index in [-0.39, 0.29) is 0 Å². The highest BCUT2D eigenvalue weighted by atomic mass is 32.2. The Morgan fingerprint density at radius 1 is 0.494 bits per heavy atom. The van der Waals surface area contributed by atoms with E-state index in [1.165, 1.54) is 80.2 Å². The molecular formula is C68H122F2N10O4S. The Hall–Kier alpha value is -6.88. The van der Waals surface area contributed by atoms with Gasteiger partial charge in [-0.15, -0.1) is 20.5 Å². The van der Waals surface area contributed by atoms with Crippen LogP contribution in [0.5, 0.6) is 0 Å². The van der Waals surface area contributed by atoms with Crippen LogP contribution in [-0.4, -0.2) is 80.0 Å². The van der Waals surface area contributed by atoms with Gasteiger partial charge in [0.05, 0.1) is 19.1 Å². The van der Waals surface area contributed by atoms with E-state index in [1.807, 2.05) is 187 Å². The zero-order valence-corrected chi connectivity index (χ0v) is 57.5. The van der Waals surface area contributed by atoms with Gasteiger partial charge in [-0.25, -0.2) is 4.98 Å². The van der Waals surface area contributed by atoms with Crippen molar-refractivity contribution in [1.29, 1.82) is 0 Å². The molecule has 5 aliphatic heterocycles. The average molecular weight is 1210 g/mol.